The van der Waals surface area contributed by atoms with E-state index in [2.05, 4.69) is 5.32 Å². The van der Waals surface area contributed by atoms with Gasteiger partial charge in [-0.1, -0.05) is 12.1 Å². The maximum atomic E-state index is 12.7. The number of piperidine rings is 1. The summed E-state index contributed by atoms with van der Waals surface area (Å²) in [5.74, 6) is 0.804. The molecule has 1 aliphatic heterocycles. The van der Waals surface area contributed by atoms with E-state index in [1.54, 1.807) is 54.0 Å². The Morgan fingerprint density at radius 3 is 2.13 bits per heavy atom. The number of hydroxylamine groups is 1. The molecule has 1 amide bonds. The summed E-state index contributed by atoms with van der Waals surface area (Å²) in [6.07, 6.45) is 3.96. The molecule has 166 valence electrons. The molecule has 1 saturated heterocycles. The zero-order valence-electron chi connectivity index (χ0n) is 17.5. The first kappa shape index (κ1) is 21.6. The van der Waals surface area contributed by atoms with E-state index >= 15 is 0 Å². The van der Waals surface area contributed by atoms with Crippen molar-refractivity contribution < 1.29 is 25.0 Å². The number of ether oxygens (including phenoxy) is 1. The molecule has 1 atom stereocenters. The van der Waals surface area contributed by atoms with E-state index in [1.165, 1.54) is 0 Å². The topological polar surface area (TPSA) is 111 Å². The van der Waals surface area contributed by atoms with Crippen molar-refractivity contribution in [2.75, 3.05) is 13.1 Å². The zero-order chi connectivity index (χ0) is 21.9. The van der Waals surface area contributed by atoms with Gasteiger partial charge in [-0.25, -0.2) is 5.48 Å². The van der Waals surface area contributed by atoms with E-state index in [0.717, 1.165) is 38.8 Å². The Morgan fingerprint density at radius 2 is 1.58 bits per heavy atom. The third kappa shape index (κ3) is 4.39. The van der Waals surface area contributed by atoms with Crippen molar-refractivity contribution in [3.8, 4) is 17.2 Å². The minimum Gasteiger partial charge on any atom is -0.508 e. The van der Waals surface area contributed by atoms with E-state index < -0.39 is 17.4 Å². The molecule has 2 aromatic rings. The predicted molar refractivity (Wildman–Crippen MR) is 115 cm³/mol. The quantitative estimate of drug-likeness (QED) is 0.369. The Hall–Kier alpha value is -2.61. The summed E-state index contributed by atoms with van der Waals surface area (Å²) in [6, 6.07) is 13.4. The number of aliphatic hydroxyl groups excluding tert-OH is 1. The number of benzene rings is 2. The van der Waals surface area contributed by atoms with Crippen molar-refractivity contribution in [1.29, 1.82) is 0 Å². The number of phenols is 1. The number of hydrogen-bond acceptors (Lipinski definition) is 6. The lowest BCUT2D eigenvalue weighted by atomic mass is 9.58. The fourth-order valence-electron chi connectivity index (χ4n) is 5.11. The molecule has 1 spiro atoms. The Kier molecular flexibility index (Phi) is 6.18. The molecule has 4 rings (SSSR count). The van der Waals surface area contributed by atoms with Gasteiger partial charge in [0.2, 0.25) is 0 Å². The summed E-state index contributed by atoms with van der Waals surface area (Å²) in [5.41, 5.74) is 1.54. The minimum atomic E-state index is -1.06. The van der Waals surface area contributed by atoms with Gasteiger partial charge in [-0.05, 0) is 92.4 Å². The predicted octanol–water partition coefficient (Wildman–Crippen LogP) is 3.65. The molecule has 5 N–H and O–H groups in total. The minimum absolute atomic E-state index is 0.163. The molecule has 0 radical (unpaired) electrons. The first-order valence-corrected chi connectivity index (χ1v) is 10.9. The Balaban J connectivity index is 1.50. The van der Waals surface area contributed by atoms with Crippen LogP contribution < -0.4 is 15.5 Å². The average molecular weight is 427 g/mol. The third-order valence-corrected chi connectivity index (χ3v) is 7.11. The number of rotatable bonds is 5. The summed E-state index contributed by atoms with van der Waals surface area (Å²) in [4.78, 5) is 12.7. The van der Waals surface area contributed by atoms with Crippen LogP contribution in [0.4, 0.5) is 0 Å². The second-order valence-corrected chi connectivity index (χ2v) is 8.94. The molecule has 7 heteroatoms. The van der Waals surface area contributed by atoms with Crippen LogP contribution in [0.25, 0.3) is 0 Å². The van der Waals surface area contributed by atoms with E-state index in [4.69, 9.17) is 4.74 Å². The Labute approximate surface area is 182 Å². The average Bonchev–Trinajstić information content (AvgIpc) is 2.81. The van der Waals surface area contributed by atoms with Gasteiger partial charge in [-0.3, -0.25) is 10.0 Å². The maximum Gasteiger partial charge on any atom is 0.252 e. The molecular weight excluding hydrogens is 396 g/mol. The van der Waals surface area contributed by atoms with Crippen LogP contribution in [-0.2, 0) is 4.79 Å². The van der Waals surface area contributed by atoms with Gasteiger partial charge < -0.3 is 20.3 Å². The van der Waals surface area contributed by atoms with Crippen LogP contribution in [0.5, 0.6) is 17.2 Å². The number of carbonyl (C=O) groups is 1. The van der Waals surface area contributed by atoms with Crippen LogP contribution in [0.1, 0.15) is 50.2 Å². The SMILES string of the molecule is O=C(NO)C1(C(O)c2ccc(Oc3ccc(O)cc3)cc2)CCC2(CCCNC2)CC1. The van der Waals surface area contributed by atoms with Gasteiger partial charge in [-0.2, -0.15) is 0 Å². The normalized spacial score (nSPS) is 26.9. The highest BCUT2D eigenvalue weighted by Crippen LogP contribution is 2.53. The Bertz CT molecular complexity index is 881. The fraction of sp³-hybridized carbons (Fsp3) is 0.458. The number of carbonyl (C=O) groups excluding carboxylic acids is 1. The molecule has 0 bridgehead atoms. The maximum absolute atomic E-state index is 12.7. The number of aliphatic hydroxyl groups is 1. The lowest BCUT2D eigenvalue weighted by molar-refractivity contribution is -0.154. The molecule has 1 saturated carbocycles. The molecule has 1 unspecified atom stereocenters. The van der Waals surface area contributed by atoms with E-state index in [0.29, 0.717) is 29.9 Å². The monoisotopic (exact) mass is 426 g/mol. The molecule has 0 aromatic heterocycles. The molecule has 1 heterocycles. The first-order chi connectivity index (χ1) is 15.0. The van der Waals surface area contributed by atoms with E-state index in [-0.39, 0.29) is 11.2 Å². The van der Waals surface area contributed by atoms with Crippen molar-refractivity contribution in [2.45, 2.75) is 44.6 Å². The van der Waals surface area contributed by atoms with Crippen LogP contribution in [0.3, 0.4) is 0 Å². The van der Waals surface area contributed by atoms with Crippen LogP contribution in [0, 0.1) is 10.8 Å². The van der Waals surface area contributed by atoms with Crippen LogP contribution in [0.15, 0.2) is 48.5 Å². The van der Waals surface area contributed by atoms with Crippen LogP contribution in [0.2, 0.25) is 0 Å². The molecule has 1 aliphatic carbocycles. The largest absolute Gasteiger partial charge is 0.508 e. The number of amides is 1. The van der Waals surface area contributed by atoms with Crippen LogP contribution >= 0.6 is 0 Å². The highest BCUT2D eigenvalue weighted by molar-refractivity contribution is 5.82. The van der Waals surface area contributed by atoms with Gasteiger partial charge in [0, 0.05) is 6.54 Å². The van der Waals surface area contributed by atoms with Gasteiger partial charge in [0.1, 0.15) is 17.2 Å². The van der Waals surface area contributed by atoms with Crippen molar-refractivity contribution in [2.24, 2.45) is 10.8 Å². The molecule has 2 fully saturated rings. The molecule has 31 heavy (non-hydrogen) atoms. The standard InChI is InChI=1S/C24H30N2O5/c27-18-4-8-20(9-5-18)31-19-6-2-17(3-7-19)21(28)24(22(29)26-30)13-11-23(12-14-24)10-1-15-25-16-23/h2-9,21,25,27-28,30H,1,10-16H2,(H,26,29). The Morgan fingerprint density at radius 1 is 0.968 bits per heavy atom. The summed E-state index contributed by atoms with van der Waals surface area (Å²) in [6.45, 7) is 1.98. The lowest BCUT2D eigenvalue weighted by Crippen LogP contribution is -2.51. The number of aromatic hydroxyl groups is 1. The highest BCUT2D eigenvalue weighted by atomic mass is 16.5. The van der Waals surface area contributed by atoms with Gasteiger partial charge in [-0.15, -0.1) is 0 Å². The number of hydrogen-bond donors (Lipinski definition) is 5. The first-order valence-electron chi connectivity index (χ1n) is 10.9. The lowest BCUT2D eigenvalue weighted by Gasteiger charge is -2.48. The van der Waals surface area contributed by atoms with Crippen molar-refractivity contribution >= 4 is 5.91 Å². The highest BCUT2D eigenvalue weighted by Gasteiger charge is 2.51. The summed E-state index contributed by atoms with van der Waals surface area (Å²) < 4.78 is 5.76. The molecular formula is C24H30N2O5. The number of phenolic OH excluding ortho intramolecular Hbond substituents is 1. The summed E-state index contributed by atoms with van der Waals surface area (Å²) in [5, 5.41) is 33.5. The second kappa shape index (κ2) is 8.86. The second-order valence-electron chi connectivity index (χ2n) is 8.94. The number of nitrogens with one attached hydrogen (secondary N) is 2. The van der Waals surface area contributed by atoms with Gasteiger partial charge in [0.15, 0.2) is 0 Å². The third-order valence-electron chi connectivity index (χ3n) is 7.11. The smallest absolute Gasteiger partial charge is 0.252 e. The zero-order valence-corrected chi connectivity index (χ0v) is 17.5. The van der Waals surface area contributed by atoms with Crippen molar-refractivity contribution in [3.63, 3.8) is 0 Å². The van der Waals surface area contributed by atoms with Gasteiger partial charge in [0.25, 0.3) is 5.91 Å². The fourth-order valence-corrected chi connectivity index (χ4v) is 5.11. The van der Waals surface area contributed by atoms with Crippen molar-refractivity contribution in [3.05, 3.63) is 54.1 Å². The van der Waals surface area contributed by atoms with Crippen LogP contribution in [-0.4, -0.2) is 34.4 Å². The van der Waals surface area contributed by atoms with Gasteiger partial charge in [0.05, 0.1) is 11.5 Å². The molecule has 7 nitrogen and oxygen atoms in total. The molecule has 2 aromatic carbocycles. The van der Waals surface area contributed by atoms with E-state index in [1.807, 2.05) is 0 Å². The van der Waals surface area contributed by atoms with E-state index in [9.17, 15) is 20.2 Å². The summed E-state index contributed by atoms with van der Waals surface area (Å²) >= 11 is 0. The van der Waals surface area contributed by atoms with Crippen molar-refractivity contribution in [1.82, 2.24) is 10.8 Å². The summed E-state index contributed by atoms with van der Waals surface area (Å²) in [7, 11) is 0. The van der Waals surface area contributed by atoms with Gasteiger partial charge >= 0.3 is 0 Å². The molecule has 2 aliphatic rings.